The molecule has 3 rings (SSSR count). The van der Waals surface area contributed by atoms with Crippen LogP contribution in [0.5, 0.6) is 0 Å². The highest BCUT2D eigenvalue weighted by Gasteiger charge is 2.32. The Morgan fingerprint density at radius 1 is 1.33 bits per heavy atom. The van der Waals surface area contributed by atoms with E-state index in [0.717, 1.165) is 41.7 Å². The van der Waals surface area contributed by atoms with Gasteiger partial charge in [0.05, 0.1) is 5.69 Å². The van der Waals surface area contributed by atoms with Crippen LogP contribution in [0.4, 0.5) is 10.5 Å². The number of cyclic esters (lactones) is 1. The summed E-state index contributed by atoms with van der Waals surface area (Å²) in [7, 11) is 0. The number of benzene rings is 1. The van der Waals surface area contributed by atoms with Crippen molar-refractivity contribution in [1.29, 1.82) is 0 Å². The Morgan fingerprint density at radius 2 is 2.11 bits per heavy atom. The van der Waals surface area contributed by atoms with Crippen LogP contribution in [0.1, 0.15) is 18.4 Å². The van der Waals surface area contributed by atoms with Gasteiger partial charge in [0.2, 0.25) is 0 Å². The number of rotatable bonds is 1. The SMILES string of the molecule is O=C1OCc2ccc(Br)cc2N1C1CCNCC1. The third kappa shape index (κ3) is 2.12. The highest BCUT2D eigenvalue weighted by molar-refractivity contribution is 9.10. The van der Waals surface area contributed by atoms with E-state index in [1.54, 1.807) is 0 Å². The van der Waals surface area contributed by atoms with Crippen LogP contribution in [0.2, 0.25) is 0 Å². The lowest BCUT2D eigenvalue weighted by molar-refractivity contribution is 0.137. The minimum atomic E-state index is -0.215. The summed E-state index contributed by atoms with van der Waals surface area (Å²) in [5.74, 6) is 0. The standard InChI is InChI=1S/C13H15BrN2O2/c14-10-2-1-9-8-18-13(17)16(12(9)7-10)11-3-5-15-6-4-11/h1-2,7,11,15H,3-6,8H2. The number of halogens is 1. The first-order valence-corrected chi connectivity index (χ1v) is 7.00. The molecule has 0 unspecified atom stereocenters. The molecule has 0 saturated carbocycles. The molecule has 5 heteroatoms. The van der Waals surface area contributed by atoms with Gasteiger partial charge in [0.15, 0.2) is 0 Å². The molecular weight excluding hydrogens is 296 g/mol. The molecule has 96 valence electrons. The summed E-state index contributed by atoms with van der Waals surface area (Å²) in [5, 5.41) is 3.32. The fourth-order valence-corrected chi connectivity index (χ4v) is 2.95. The zero-order chi connectivity index (χ0) is 12.5. The third-order valence-corrected chi connectivity index (χ3v) is 4.02. The molecule has 1 aromatic rings. The maximum Gasteiger partial charge on any atom is 0.414 e. The first kappa shape index (κ1) is 12.0. The molecule has 0 aromatic heterocycles. The second kappa shape index (κ2) is 4.90. The number of ether oxygens (including phenoxy) is 1. The summed E-state index contributed by atoms with van der Waals surface area (Å²) in [6.07, 6.45) is 1.73. The molecular formula is C13H15BrN2O2. The number of hydrogen-bond donors (Lipinski definition) is 1. The van der Waals surface area contributed by atoms with E-state index in [-0.39, 0.29) is 12.1 Å². The van der Waals surface area contributed by atoms with Gasteiger partial charge in [-0.2, -0.15) is 0 Å². The van der Waals surface area contributed by atoms with Crippen LogP contribution in [0.25, 0.3) is 0 Å². The summed E-state index contributed by atoms with van der Waals surface area (Å²) in [5.41, 5.74) is 2.07. The largest absolute Gasteiger partial charge is 0.444 e. The monoisotopic (exact) mass is 310 g/mol. The lowest BCUT2D eigenvalue weighted by atomic mass is 10.0. The summed E-state index contributed by atoms with van der Waals surface area (Å²) in [6, 6.07) is 6.25. The number of anilines is 1. The van der Waals surface area contributed by atoms with Crippen molar-refractivity contribution in [2.45, 2.75) is 25.5 Å². The lowest BCUT2D eigenvalue weighted by Gasteiger charge is -2.37. The summed E-state index contributed by atoms with van der Waals surface area (Å²) >= 11 is 3.47. The smallest absolute Gasteiger partial charge is 0.414 e. The van der Waals surface area contributed by atoms with Crippen LogP contribution in [-0.4, -0.2) is 25.2 Å². The van der Waals surface area contributed by atoms with E-state index in [1.807, 2.05) is 23.1 Å². The van der Waals surface area contributed by atoms with Crippen LogP contribution in [0.15, 0.2) is 22.7 Å². The fourth-order valence-electron chi connectivity index (χ4n) is 2.60. The first-order valence-electron chi connectivity index (χ1n) is 6.21. The van der Waals surface area contributed by atoms with Gasteiger partial charge in [-0.1, -0.05) is 22.0 Å². The van der Waals surface area contributed by atoms with Gasteiger partial charge in [-0.15, -0.1) is 0 Å². The van der Waals surface area contributed by atoms with E-state index in [4.69, 9.17) is 4.74 Å². The topological polar surface area (TPSA) is 41.6 Å². The molecule has 1 N–H and O–H groups in total. The predicted molar refractivity (Wildman–Crippen MR) is 72.7 cm³/mol. The zero-order valence-corrected chi connectivity index (χ0v) is 11.6. The van der Waals surface area contributed by atoms with E-state index in [2.05, 4.69) is 21.2 Å². The minimum Gasteiger partial charge on any atom is -0.444 e. The maximum atomic E-state index is 12.0. The Morgan fingerprint density at radius 3 is 2.89 bits per heavy atom. The first-order chi connectivity index (χ1) is 8.75. The summed E-state index contributed by atoms with van der Waals surface area (Å²) < 4.78 is 6.26. The third-order valence-electron chi connectivity index (χ3n) is 3.53. The Labute approximate surface area is 114 Å². The van der Waals surface area contributed by atoms with Gasteiger partial charge >= 0.3 is 6.09 Å². The molecule has 1 fully saturated rings. The van der Waals surface area contributed by atoms with Crippen molar-refractivity contribution in [3.05, 3.63) is 28.2 Å². The molecule has 2 aliphatic heterocycles. The molecule has 0 bridgehead atoms. The van der Waals surface area contributed by atoms with Crippen molar-refractivity contribution in [3.63, 3.8) is 0 Å². The van der Waals surface area contributed by atoms with Crippen LogP contribution >= 0.6 is 15.9 Å². The van der Waals surface area contributed by atoms with Crippen LogP contribution in [-0.2, 0) is 11.3 Å². The van der Waals surface area contributed by atoms with Crippen molar-refractivity contribution >= 4 is 27.7 Å². The van der Waals surface area contributed by atoms with Crippen molar-refractivity contribution in [3.8, 4) is 0 Å². The van der Waals surface area contributed by atoms with Crippen molar-refractivity contribution in [2.24, 2.45) is 0 Å². The number of nitrogens with zero attached hydrogens (tertiary/aromatic N) is 1. The number of nitrogens with one attached hydrogen (secondary N) is 1. The second-order valence-corrected chi connectivity index (χ2v) is 5.59. The van der Waals surface area contributed by atoms with Crippen molar-refractivity contribution in [2.75, 3.05) is 18.0 Å². The summed E-state index contributed by atoms with van der Waals surface area (Å²) in [4.78, 5) is 13.9. The van der Waals surface area contributed by atoms with Gasteiger partial charge in [0, 0.05) is 16.1 Å². The molecule has 0 aliphatic carbocycles. The van der Waals surface area contributed by atoms with E-state index >= 15 is 0 Å². The predicted octanol–water partition coefficient (Wildman–Crippen LogP) is 2.66. The molecule has 2 heterocycles. The Balaban J connectivity index is 1.97. The molecule has 1 saturated heterocycles. The van der Waals surface area contributed by atoms with Crippen molar-refractivity contribution in [1.82, 2.24) is 5.32 Å². The van der Waals surface area contributed by atoms with E-state index < -0.39 is 0 Å². The van der Waals surface area contributed by atoms with Crippen molar-refractivity contribution < 1.29 is 9.53 Å². The zero-order valence-electron chi connectivity index (χ0n) is 9.99. The average molecular weight is 311 g/mol. The molecule has 1 amide bonds. The van der Waals surface area contributed by atoms with Crippen LogP contribution in [0, 0.1) is 0 Å². The number of piperidine rings is 1. The molecule has 0 spiro atoms. The number of carbonyl (C=O) groups excluding carboxylic acids is 1. The lowest BCUT2D eigenvalue weighted by Crippen LogP contribution is -2.48. The summed E-state index contributed by atoms with van der Waals surface area (Å²) in [6.45, 7) is 2.29. The number of amides is 1. The maximum absolute atomic E-state index is 12.0. The molecule has 2 aliphatic rings. The van der Waals surface area contributed by atoms with Crippen LogP contribution < -0.4 is 10.2 Å². The molecule has 0 radical (unpaired) electrons. The van der Waals surface area contributed by atoms with Gasteiger partial charge in [-0.25, -0.2) is 4.79 Å². The van der Waals surface area contributed by atoms with Gasteiger partial charge in [0.1, 0.15) is 6.61 Å². The Hall–Kier alpha value is -1.07. The number of hydrogen-bond acceptors (Lipinski definition) is 3. The Kier molecular flexibility index (Phi) is 3.26. The van der Waals surface area contributed by atoms with Gasteiger partial charge < -0.3 is 10.1 Å². The Bertz CT molecular complexity index is 472. The van der Waals surface area contributed by atoms with E-state index in [1.165, 1.54) is 0 Å². The van der Waals surface area contributed by atoms with Gasteiger partial charge in [-0.05, 0) is 38.1 Å². The molecule has 0 atom stereocenters. The fraction of sp³-hybridized carbons (Fsp3) is 0.462. The number of fused-ring (bicyclic) bond motifs is 1. The van der Waals surface area contributed by atoms with E-state index in [0.29, 0.717) is 6.61 Å². The number of carbonyl (C=O) groups is 1. The quantitative estimate of drug-likeness (QED) is 0.867. The average Bonchev–Trinajstić information content (AvgIpc) is 2.39. The second-order valence-electron chi connectivity index (χ2n) is 4.68. The van der Waals surface area contributed by atoms with Crippen LogP contribution in [0.3, 0.4) is 0 Å². The minimum absolute atomic E-state index is 0.215. The molecule has 1 aromatic carbocycles. The highest BCUT2D eigenvalue weighted by Crippen LogP contribution is 2.33. The van der Waals surface area contributed by atoms with Gasteiger partial charge in [0.25, 0.3) is 0 Å². The van der Waals surface area contributed by atoms with E-state index in [9.17, 15) is 4.79 Å². The van der Waals surface area contributed by atoms with Gasteiger partial charge in [-0.3, -0.25) is 4.90 Å². The normalized spacial score (nSPS) is 20.5. The molecule has 18 heavy (non-hydrogen) atoms. The molecule has 4 nitrogen and oxygen atoms in total. The highest BCUT2D eigenvalue weighted by atomic mass is 79.9.